The second-order valence-electron chi connectivity index (χ2n) is 25.7. The molecule has 3 atom stereocenters. The van der Waals surface area contributed by atoms with Gasteiger partial charge in [0.1, 0.15) is 0 Å². The lowest BCUT2D eigenvalue weighted by atomic mass is 9.78. The highest BCUT2D eigenvalue weighted by Crippen LogP contribution is 2.46. The van der Waals surface area contributed by atoms with Crippen LogP contribution >= 0.6 is 23.2 Å². The van der Waals surface area contributed by atoms with E-state index in [4.69, 9.17) is 42.9 Å². The van der Waals surface area contributed by atoms with Crippen LogP contribution in [0.4, 0.5) is 38.0 Å². The molecule has 0 spiro atoms. The molecule has 0 fully saturated rings. The Morgan fingerprint density at radius 3 is 1.34 bits per heavy atom. The Hall–Kier alpha value is -9.20. The molecule has 3 unspecified atom stereocenters. The summed E-state index contributed by atoms with van der Waals surface area (Å²) in [6.07, 6.45) is 9.00. The van der Waals surface area contributed by atoms with Crippen LogP contribution in [0.15, 0.2) is 207 Å². The molecule has 0 saturated carbocycles. The molecular formula is C78H73Cl2F2N9O. The number of ether oxygens (including phenoxy) is 1. The van der Waals surface area contributed by atoms with Crippen LogP contribution < -0.4 is 16.0 Å². The van der Waals surface area contributed by atoms with Crippen LogP contribution in [-0.4, -0.2) is 50.2 Å². The van der Waals surface area contributed by atoms with Crippen molar-refractivity contribution in [3.8, 4) is 33.8 Å². The van der Waals surface area contributed by atoms with Gasteiger partial charge in [-0.25, -0.2) is 38.7 Å². The molecule has 3 aliphatic carbocycles. The molecule has 3 heterocycles. The van der Waals surface area contributed by atoms with Crippen molar-refractivity contribution in [3.05, 3.63) is 290 Å². The van der Waals surface area contributed by atoms with E-state index in [2.05, 4.69) is 176 Å². The molecular weight excluding hydrogens is 1190 g/mol. The Morgan fingerprint density at radius 1 is 0.457 bits per heavy atom. The van der Waals surface area contributed by atoms with Crippen LogP contribution in [0.1, 0.15) is 127 Å². The molecule has 0 amide bonds. The second kappa shape index (κ2) is 27.3. The van der Waals surface area contributed by atoms with Crippen LogP contribution in [-0.2, 0) is 34.8 Å². The van der Waals surface area contributed by atoms with E-state index < -0.39 is 11.6 Å². The van der Waals surface area contributed by atoms with E-state index in [9.17, 15) is 8.78 Å². The highest BCUT2D eigenvalue weighted by atomic mass is 35.5. The van der Waals surface area contributed by atoms with Crippen molar-refractivity contribution in [2.45, 2.75) is 95.8 Å². The van der Waals surface area contributed by atoms with Gasteiger partial charge in [0.15, 0.2) is 11.6 Å². The highest BCUT2D eigenvalue weighted by Gasteiger charge is 2.31. The van der Waals surface area contributed by atoms with Crippen LogP contribution in [0.3, 0.4) is 0 Å². The Morgan fingerprint density at radius 2 is 0.870 bits per heavy atom. The monoisotopic (exact) mass is 1260 g/mol. The number of fused-ring (bicyclic) bond motifs is 9. The predicted octanol–water partition coefficient (Wildman–Crippen LogP) is 19.6. The molecule has 3 N–H and O–H groups in total. The molecule has 11 aromatic rings. The summed E-state index contributed by atoms with van der Waals surface area (Å²) in [5, 5.41) is 11.5. The molecule has 464 valence electrons. The van der Waals surface area contributed by atoms with Gasteiger partial charge in [0.2, 0.25) is 17.8 Å². The fourth-order valence-corrected chi connectivity index (χ4v) is 12.8. The number of nitrogens with zero attached hydrogens (tertiary/aromatic N) is 6. The van der Waals surface area contributed by atoms with Gasteiger partial charge in [-0.2, -0.15) is 0 Å². The first-order chi connectivity index (χ1) is 44.4. The Kier molecular flexibility index (Phi) is 18.7. The number of nitrogens with one attached hydrogen (secondary N) is 3. The van der Waals surface area contributed by atoms with Gasteiger partial charge in [0.05, 0.1) is 17.1 Å². The van der Waals surface area contributed by atoms with Crippen LogP contribution in [0, 0.1) is 11.6 Å². The molecule has 10 nitrogen and oxygen atoms in total. The van der Waals surface area contributed by atoms with Crippen molar-refractivity contribution in [1.29, 1.82) is 0 Å². The van der Waals surface area contributed by atoms with Gasteiger partial charge in [0.25, 0.3) is 0 Å². The summed E-state index contributed by atoms with van der Waals surface area (Å²) in [6.45, 7) is 14.7. The third-order valence-corrected chi connectivity index (χ3v) is 18.0. The fourth-order valence-electron chi connectivity index (χ4n) is 12.4. The molecule has 8 aromatic carbocycles. The summed E-state index contributed by atoms with van der Waals surface area (Å²) in [7, 11) is 1.71. The van der Waals surface area contributed by atoms with Gasteiger partial charge in [0, 0.05) is 94.7 Å². The number of rotatable bonds is 12. The number of hydrogen-bond donors (Lipinski definition) is 3. The molecule has 0 aliphatic heterocycles. The topological polar surface area (TPSA) is 123 Å². The summed E-state index contributed by atoms with van der Waals surface area (Å²) in [5.74, 6) is 0.536. The van der Waals surface area contributed by atoms with E-state index >= 15 is 0 Å². The molecule has 0 bridgehead atoms. The van der Waals surface area contributed by atoms with Crippen molar-refractivity contribution < 1.29 is 13.5 Å². The maximum atomic E-state index is 13.9. The average molecular weight is 1260 g/mol. The SMILES string of the molecule is CC(C)(C)c1ccc(Nc2ncc3c(n2)-c2ccccc2C(c2ccc(F)c(F)c2)C3)cc1.CC(C)(C)c1ccc(Nc2ncc3c(n2)-c2ccccc2C(c2ccccc2Cl)C3)cc1.COCCCNc1ncc2c(n1)-c1ccccc1C(c1ccc(Cl)cc1)C2. The Bertz CT molecular complexity index is 4420. The number of methoxy groups -OCH3 is 1. The first kappa shape index (κ1) is 63.0. The third-order valence-electron chi connectivity index (χ3n) is 17.4. The van der Waals surface area contributed by atoms with Gasteiger partial charge in [-0.05, 0) is 152 Å². The van der Waals surface area contributed by atoms with Gasteiger partial charge in [-0.1, -0.05) is 198 Å². The van der Waals surface area contributed by atoms with Crippen molar-refractivity contribution >= 4 is 52.4 Å². The lowest BCUT2D eigenvalue weighted by Gasteiger charge is -2.28. The zero-order valence-corrected chi connectivity index (χ0v) is 54.2. The summed E-state index contributed by atoms with van der Waals surface area (Å²) < 4.78 is 32.5. The number of hydrogen-bond acceptors (Lipinski definition) is 10. The molecule has 0 radical (unpaired) electrons. The van der Waals surface area contributed by atoms with E-state index in [0.29, 0.717) is 24.3 Å². The minimum atomic E-state index is -0.835. The van der Waals surface area contributed by atoms with Gasteiger partial charge in [-0.15, -0.1) is 0 Å². The molecule has 3 aromatic heterocycles. The average Bonchev–Trinajstić information content (AvgIpc) is 0.787. The van der Waals surface area contributed by atoms with Crippen LogP contribution in [0.2, 0.25) is 10.0 Å². The maximum Gasteiger partial charge on any atom is 0.227 e. The van der Waals surface area contributed by atoms with E-state index in [-0.39, 0.29) is 28.6 Å². The van der Waals surface area contributed by atoms with E-state index in [1.165, 1.54) is 51.1 Å². The first-order valence-corrected chi connectivity index (χ1v) is 32.0. The van der Waals surface area contributed by atoms with Gasteiger partial charge in [-0.3, -0.25) is 0 Å². The maximum absolute atomic E-state index is 13.9. The zero-order valence-electron chi connectivity index (χ0n) is 52.7. The molecule has 3 aliphatic rings. The number of benzene rings is 8. The molecule has 0 saturated heterocycles. The standard InChI is InChI=1S/C28H26ClN3.C28H25F2N3.C22H22ClN3O/c1-28(2,3)19-12-14-20(15-13-19)31-27-30-17-18-16-24(22-9-6-7-11-25(22)29)21-8-4-5-10-23(21)26(18)32-27;1-28(2,3)19-9-11-20(12-10-19)32-27-31-16-18-14-23(17-8-13-24(29)25(30)15-17)21-6-4-5-7-22(21)26(18)33-27;1-27-12-4-11-24-22-25-14-16-13-20(15-7-9-17(23)10-8-15)18-5-2-3-6-19(18)21(16)26-22/h4-15,17,24H,16H2,1-3H3,(H,30,31,32);4-13,15-16,23H,14H2,1-3H3,(H,31,32,33);2-3,5-10,14,20H,4,11-13H2,1H3,(H,24,25,26). The smallest absolute Gasteiger partial charge is 0.227 e. The molecule has 14 heteroatoms. The van der Waals surface area contributed by atoms with E-state index in [1.54, 1.807) is 13.2 Å². The van der Waals surface area contributed by atoms with Crippen molar-refractivity contribution in [1.82, 2.24) is 29.9 Å². The van der Waals surface area contributed by atoms with Crippen LogP contribution in [0.25, 0.3) is 33.8 Å². The van der Waals surface area contributed by atoms with Crippen molar-refractivity contribution in [2.75, 3.05) is 36.2 Å². The molecule has 14 rings (SSSR count). The lowest BCUT2D eigenvalue weighted by molar-refractivity contribution is 0.197. The third kappa shape index (κ3) is 14.1. The highest BCUT2D eigenvalue weighted by molar-refractivity contribution is 6.31. The predicted molar refractivity (Wildman–Crippen MR) is 370 cm³/mol. The number of aromatic nitrogens is 6. The number of halogens is 4. The summed E-state index contributed by atoms with van der Waals surface area (Å²) >= 11 is 12.6. The van der Waals surface area contributed by atoms with Crippen LogP contribution in [0.5, 0.6) is 0 Å². The largest absolute Gasteiger partial charge is 0.385 e. The lowest BCUT2D eigenvalue weighted by Crippen LogP contribution is -2.16. The zero-order chi connectivity index (χ0) is 64.1. The minimum Gasteiger partial charge on any atom is -0.385 e. The molecule has 92 heavy (non-hydrogen) atoms. The first-order valence-electron chi connectivity index (χ1n) is 31.2. The Balaban J connectivity index is 0.000000134. The van der Waals surface area contributed by atoms with Gasteiger partial charge >= 0.3 is 0 Å². The minimum absolute atomic E-state index is 0.0869. The summed E-state index contributed by atoms with van der Waals surface area (Å²) in [5.41, 5.74) is 21.0. The summed E-state index contributed by atoms with van der Waals surface area (Å²) in [4.78, 5) is 28.2. The number of anilines is 5. The van der Waals surface area contributed by atoms with E-state index in [1.807, 2.05) is 85.3 Å². The van der Waals surface area contributed by atoms with Gasteiger partial charge < -0.3 is 20.7 Å². The Labute approximate surface area is 548 Å². The summed E-state index contributed by atoms with van der Waals surface area (Å²) in [6, 6.07) is 62.2. The van der Waals surface area contributed by atoms with E-state index in [0.717, 1.165) is 110 Å². The fraction of sp³-hybridized carbons (Fsp3) is 0.231. The van der Waals surface area contributed by atoms with Crippen molar-refractivity contribution in [2.24, 2.45) is 0 Å². The normalized spacial score (nSPS) is 15.1. The second-order valence-corrected chi connectivity index (χ2v) is 26.5. The van der Waals surface area contributed by atoms with Crippen molar-refractivity contribution in [3.63, 3.8) is 0 Å². The quantitative estimate of drug-likeness (QED) is 0.102.